The highest BCUT2D eigenvalue weighted by molar-refractivity contribution is 5.89. The van der Waals surface area contributed by atoms with E-state index in [1.807, 2.05) is 13.1 Å². The largest absolute Gasteiger partial charge is 0.469 e. The van der Waals surface area contributed by atoms with Crippen molar-refractivity contribution in [2.45, 2.75) is 37.5 Å². The molecule has 3 unspecified atom stereocenters. The highest BCUT2D eigenvalue weighted by Crippen LogP contribution is 2.40. The summed E-state index contributed by atoms with van der Waals surface area (Å²) in [5, 5.41) is 0. The van der Waals surface area contributed by atoms with Crippen molar-refractivity contribution in [2.75, 3.05) is 14.2 Å². The van der Waals surface area contributed by atoms with E-state index in [1.165, 1.54) is 7.11 Å². The Labute approximate surface area is 130 Å². The van der Waals surface area contributed by atoms with Crippen molar-refractivity contribution < 1.29 is 19.1 Å². The Hall–Kier alpha value is -1.88. The van der Waals surface area contributed by atoms with Crippen LogP contribution in [0.25, 0.3) is 0 Å². The summed E-state index contributed by atoms with van der Waals surface area (Å²) in [5.74, 6) is -1.06. The van der Waals surface area contributed by atoms with Gasteiger partial charge in [0.1, 0.15) is 12.0 Å². The first kappa shape index (κ1) is 15.0. The second kappa shape index (κ2) is 6.08. The van der Waals surface area contributed by atoms with E-state index in [0.29, 0.717) is 18.0 Å². The van der Waals surface area contributed by atoms with E-state index in [0.717, 1.165) is 12.8 Å². The van der Waals surface area contributed by atoms with Gasteiger partial charge in [-0.3, -0.25) is 9.69 Å². The Kier molecular flexibility index (Phi) is 4.16. The van der Waals surface area contributed by atoms with E-state index in [-0.39, 0.29) is 18.0 Å². The summed E-state index contributed by atoms with van der Waals surface area (Å²) in [6.45, 7) is 0. The van der Waals surface area contributed by atoms with Crippen molar-refractivity contribution in [1.82, 2.24) is 4.90 Å². The lowest BCUT2D eigenvalue weighted by Gasteiger charge is -2.40. The smallest absolute Gasteiger partial charge is 0.338 e. The summed E-state index contributed by atoms with van der Waals surface area (Å²) in [7, 11) is 3.42. The van der Waals surface area contributed by atoms with Crippen molar-refractivity contribution in [3.63, 3.8) is 0 Å². The molecule has 0 spiro atoms. The molecule has 5 heteroatoms. The quantitative estimate of drug-likeness (QED) is 0.798. The van der Waals surface area contributed by atoms with E-state index >= 15 is 0 Å². The van der Waals surface area contributed by atoms with Gasteiger partial charge in [0.25, 0.3) is 0 Å². The standard InChI is InChI=1S/C17H21NO4/c1-18-12-8-9-13(18)15(17(20)21-2)14(10-12)22-16(19)11-6-4-3-5-7-11/h3-7,12-15H,8-10H2,1-2H3/t12?,13?,14?,15-/m0/s1. The van der Waals surface area contributed by atoms with Crippen LogP contribution in [0.3, 0.4) is 0 Å². The molecule has 0 radical (unpaired) electrons. The zero-order valence-corrected chi connectivity index (χ0v) is 12.9. The van der Waals surface area contributed by atoms with Gasteiger partial charge >= 0.3 is 11.9 Å². The van der Waals surface area contributed by atoms with Gasteiger partial charge in [0, 0.05) is 18.5 Å². The van der Waals surface area contributed by atoms with Crippen LogP contribution in [0.5, 0.6) is 0 Å². The van der Waals surface area contributed by atoms with E-state index in [2.05, 4.69) is 4.90 Å². The van der Waals surface area contributed by atoms with Crippen LogP contribution in [0.15, 0.2) is 30.3 Å². The lowest BCUT2D eigenvalue weighted by atomic mass is 9.87. The van der Waals surface area contributed by atoms with E-state index < -0.39 is 12.0 Å². The van der Waals surface area contributed by atoms with E-state index in [4.69, 9.17) is 9.47 Å². The maximum absolute atomic E-state index is 12.3. The number of hydrogen-bond acceptors (Lipinski definition) is 5. The molecule has 0 aromatic heterocycles. The van der Waals surface area contributed by atoms with Crippen molar-refractivity contribution in [3.8, 4) is 0 Å². The van der Waals surface area contributed by atoms with Crippen LogP contribution in [-0.4, -0.2) is 49.2 Å². The van der Waals surface area contributed by atoms with Crippen LogP contribution in [0.4, 0.5) is 0 Å². The lowest BCUT2D eigenvalue weighted by Crippen LogP contribution is -2.53. The number of carbonyl (C=O) groups is 2. The molecule has 0 aliphatic carbocycles. The Bertz CT molecular complexity index is 559. The topological polar surface area (TPSA) is 55.8 Å². The monoisotopic (exact) mass is 303 g/mol. The van der Waals surface area contributed by atoms with Gasteiger partial charge in [-0.05, 0) is 32.0 Å². The zero-order chi connectivity index (χ0) is 15.7. The fourth-order valence-corrected chi connectivity index (χ4v) is 3.77. The average Bonchev–Trinajstić information content (AvgIpc) is 2.78. The number of esters is 2. The number of fused-ring (bicyclic) bond motifs is 2. The average molecular weight is 303 g/mol. The van der Waals surface area contributed by atoms with Crippen LogP contribution in [0.2, 0.25) is 0 Å². The molecule has 5 nitrogen and oxygen atoms in total. The van der Waals surface area contributed by atoms with Crippen LogP contribution in [0, 0.1) is 5.92 Å². The number of benzene rings is 1. The highest BCUT2D eigenvalue weighted by atomic mass is 16.6. The lowest BCUT2D eigenvalue weighted by molar-refractivity contribution is -0.156. The predicted octanol–water partition coefficient (Wildman–Crippen LogP) is 1.87. The van der Waals surface area contributed by atoms with Crippen molar-refractivity contribution >= 4 is 11.9 Å². The third-order valence-corrected chi connectivity index (χ3v) is 4.96. The number of carbonyl (C=O) groups excluding carboxylic acids is 2. The molecule has 0 amide bonds. The molecule has 118 valence electrons. The maximum Gasteiger partial charge on any atom is 0.338 e. The van der Waals surface area contributed by atoms with Crippen molar-refractivity contribution in [3.05, 3.63) is 35.9 Å². The van der Waals surface area contributed by atoms with Gasteiger partial charge in [0.2, 0.25) is 0 Å². The summed E-state index contributed by atoms with van der Waals surface area (Å²) in [6, 6.07) is 9.36. The molecule has 0 saturated carbocycles. The van der Waals surface area contributed by atoms with Gasteiger partial charge in [-0.15, -0.1) is 0 Å². The summed E-state index contributed by atoms with van der Waals surface area (Å²) in [6.07, 6.45) is 2.26. The van der Waals surface area contributed by atoms with Crippen LogP contribution in [0.1, 0.15) is 29.6 Å². The van der Waals surface area contributed by atoms with Gasteiger partial charge in [0.15, 0.2) is 0 Å². The molecule has 2 heterocycles. The fourth-order valence-electron chi connectivity index (χ4n) is 3.77. The van der Waals surface area contributed by atoms with Crippen molar-refractivity contribution in [2.24, 2.45) is 5.92 Å². The van der Waals surface area contributed by atoms with Crippen LogP contribution in [-0.2, 0) is 14.3 Å². The summed E-state index contributed by atoms with van der Waals surface area (Å²) in [5.41, 5.74) is 0.511. The predicted molar refractivity (Wildman–Crippen MR) is 80.3 cm³/mol. The molecule has 1 aromatic carbocycles. The first-order valence-electron chi connectivity index (χ1n) is 7.67. The van der Waals surface area contributed by atoms with E-state index in [1.54, 1.807) is 24.3 Å². The second-order valence-corrected chi connectivity index (χ2v) is 6.06. The molecule has 4 atom stereocenters. The first-order chi connectivity index (χ1) is 10.6. The molecule has 1 aromatic rings. The number of piperidine rings is 1. The Balaban J connectivity index is 1.79. The molecule has 22 heavy (non-hydrogen) atoms. The Morgan fingerprint density at radius 2 is 1.91 bits per heavy atom. The molecule has 0 N–H and O–H groups in total. The minimum atomic E-state index is -0.408. The molecule has 2 aliphatic heterocycles. The van der Waals surface area contributed by atoms with Crippen molar-refractivity contribution in [1.29, 1.82) is 0 Å². The van der Waals surface area contributed by atoms with Gasteiger partial charge in [-0.25, -0.2) is 4.79 Å². The molecule has 2 bridgehead atoms. The minimum Gasteiger partial charge on any atom is -0.469 e. The van der Waals surface area contributed by atoms with Gasteiger partial charge in [-0.1, -0.05) is 18.2 Å². The minimum absolute atomic E-state index is 0.0970. The van der Waals surface area contributed by atoms with Gasteiger partial charge in [-0.2, -0.15) is 0 Å². The number of methoxy groups -OCH3 is 1. The molecule has 3 rings (SSSR count). The first-order valence-corrected chi connectivity index (χ1v) is 7.67. The number of ether oxygens (including phenoxy) is 2. The second-order valence-electron chi connectivity index (χ2n) is 6.06. The van der Waals surface area contributed by atoms with E-state index in [9.17, 15) is 9.59 Å². The Morgan fingerprint density at radius 3 is 2.59 bits per heavy atom. The molecule has 2 aliphatic rings. The number of hydrogen-bond donors (Lipinski definition) is 0. The Morgan fingerprint density at radius 1 is 1.18 bits per heavy atom. The van der Waals surface area contributed by atoms with Crippen LogP contribution >= 0.6 is 0 Å². The molecule has 2 fully saturated rings. The number of rotatable bonds is 3. The summed E-state index contributed by atoms with van der Waals surface area (Å²) < 4.78 is 10.6. The third-order valence-electron chi connectivity index (χ3n) is 4.96. The van der Waals surface area contributed by atoms with Gasteiger partial charge in [0.05, 0.1) is 12.7 Å². The normalized spacial score (nSPS) is 30.8. The summed E-state index contributed by atoms with van der Waals surface area (Å²) in [4.78, 5) is 26.7. The number of nitrogens with zero attached hydrogens (tertiary/aromatic N) is 1. The highest BCUT2D eigenvalue weighted by Gasteiger charge is 2.50. The molecular formula is C17H21NO4. The molecular weight excluding hydrogens is 282 g/mol. The summed E-state index contributed by atoms with van der Waals surface area (Å²) >= 11 is 0. The molecule has 2 saturated heterocycles. The van der Waals surface area contributed by atoms with Crippen LogP contribution < -0.4 is 0 Å². The SMILES string of the molecule is COC(=O)[C@@H]1C(OC(=O)c2ccccc2)CC2CCC1N2C. The van der Waals surface area contributed by atoms with Gasteiger partial charge < -0.3 is 9.47 Å². The maximum atomic E-state index is 12.3. The fraction of sp³-hybridized carbons (Fsp3) is 0.529. The third kappa shape index (κ3) is 2.61. The zero-order valence-electron chi connectivity index (χ0n) is 12.9.